The number of hydrogen-bond acceptors (Lipinski definition) is 4. The second-order valence-electron chi connectivity index (χ2n) is 8.27. The van der Waals surface area contributed by atoms with Crippen LogP contribution in [0.25, 0.3) is 0 Å². The number of sulfonamides is 1. The smallest absolute Gasteiger partial charge is 0.252 e. The molecule has 1 saturated heterocycles. The molecule has 31 heavy (non-hydrogen) atoms. The minimum Gasteiger partial charge on any atom is -0.497 e. The van der Waals surface area contributed by atoms with Gasteiger partial charge in [-0.25, -0.2) is 8.42 Å². The van der Waals surface area contributed by atoms with E-state index in [1.54, 1.807) is 19.2 Å². The highest BCUT2D eigenvalue weighted by Crippen LogP contribution is 2.26. The molecule has 0 saturated carbocycles. The Balaban J connectivity index is 1.82. The van der Waals surface area contributed by atoms with Gasteiger partial charge in [-0.1, -0.05) is 32.0 Å². The van der Waals surface area contributed by atoms with Crippen molar-refractivity contribution in [3.8, 4) is 5.75 Å². The Morgan fingerprint density at radius 1 is 1.16 bits per heavy atom. The van der Waals surface area contributed by atoms with Gasteiger partial charge in [0.2, 0.25) is 10.0 Å². The van der Waals surface area contributed by atoms with Crippen LogP contribution >= 0.6 is 0 Å². The second-order valence-corrected chi connectivity index (χ2v) is 10.2. The molecule has 0 bridgehead atoms. The highest BCUT2D eigenvalue weighted by Gasteiger charge is 2.29. The number of nitrogens with zero attached hydrogens (tertiary/aromatic N) is 1. The molecule has 2 aromatic rings. The summed E-state index contributed by atoms with van der Waals surface area (Å²) < 4.78 is 33.0. The van der Waals surface area contributed by atoms with Crippen molar-refractivity contribution >= 4 is 15.9 Å². The van der Waals surface area contributed by atoms with Crippen LogP contribution in [0.15, 0.2) is 47.4 Å². The molecule has 0 unspecified atom stereocenters. The maximum absolute atomic E-state index is 13.1. The van der Waals surface area contributed by atoms with Crippen LogP contribution in [-0.2, 0) is 10.0 Å². The summed E-state index contributed by atoms with van der Waals surface area (Å²) in [7, 11) is -2.00. The number of benzene rings is 2. The predicted octanol–water partition coefficient (Wildman–Crippen LogP) is 4.31. The third-order valence-electron chi connectivity index (χ3n) is 6.07. The van der Waals surface area contributed by atoms with E-state index in [0.717, 1.165) is 29.7 Å². The lowest BCUT2D eigenvalue weighted by Gasteiger charge is -2.29. The van der Waals surface area contributed by atoms with E-state index in [9.17, 15) is 13.2 Å². The first-order valence-corrected chi connectivity index (χ1v) is 12.3. The summed E-state index contributed by atoms with van der Waals surface area (Å²) in [5.74, 6) is 1.02. The van der Waals surface area contributed by atoms with Crippen molar-refractivity contribution in [1.29, 1.82) is 0 Å². The normalized spacial score (nSPS) is 16.6. The van der Waals surface area contributed by atoms with Crippen molar-refractivity contribution in [2.24, 2.45) is 5.92 Å². The van der Waals surface area contributed by atoms with Gasteiger partial charge in [0.05, 0.1) is 18.0 Å². The zero-order valence-electron chi connectivity index (χ0n) is 18.7. The number of carbonyl (C=O) groups is 1. The highest BCUT2D eigenvalue weighted by molar-refractivity contribution is 7.89. The van der Waals surface area contributed by atoms with Crippen molar-refractivity contribution < 1.29 is 17.9 Å². The average Bonchev–Trinajstić information content (AvgIpc) is 2.78. The number of nitrogens with one attached hydrogen (secondary N) is 1. The van der Waals surface area contributed by atoms with E-state index >= 15 is 0 Å². The Morgan fingerprint density at radius 2 is 1.81 bits per heavy atom. The fraction of sp³-hybridized carbons (Fsp3) is 0.458. The second kappa shape index (κ2) is 9.83. The zero-order valence-corrected chi connectivity index (χ0v) is 19.5. The lowest BCUT2D eigenvalue weighted by atomic mass is 10.0. The Kier molecular flexibility index (Phi) is 7.38. The molecular formula is C24H32N2O4S. The van der Waals surface area contributed by atoms with E-state index in [4.69, 9.17) is 4.74 Å². The first-order chi connectivity index (χ1) is 14.8. The lowest BCUT2D eigenvalue weighted by molar-refractivity contribution is 0.0934. The molecule has 1 amide bonds. The van der Waals surface area contributed by atoms with Crippen LogP contribution < -0.4 is 10.1 Å². The molecule has 7 heteroatoms. The Morgan fingerprint density at radius 3 is 2.39 bits per heavy atom. The fourth-order valence-corrected chi connectivity index (χ4v) is 5.37. The molecule has 6 nitrogen and oxygen atoms in total. The third kappa shape index (κ3) is 5.28. The average molecular weight is 445 g/mol. The molecule has 1 N–H and O–H groups in total. The maximum Gasteiger partial charge on any atom is 0.252 e. The summed E-state index contributed by atoms with van der Waals surface area (Å²) in [5.41, 5.74) is 2.10. The monoisotopic (exact) mass is 444 g/mol. The van der Waals surface area contributed by atoms with E-state index in [1.807, 2.05) is 38.1 Å². The summed E-state index contributed by atoms with van der Waals surface area (Å²) in [6, 6.07) is 12.2. The first kappa shape index (κ1) is 23.3. The summed E-state index contributed by atoms with van der Waals surface area (Å²) in [6.07, 6.45) is 2.43. The molecule has 0 radical (unpaired) electrons. The molecule has 0 spiro atoms. The minimum atomic E-state index is -3.61. The van der Waals surface area contributed by atoms with Gasteiger partial charge in [0.15, 0.2) is 0 Å². The SMILES string of the molecule is CC[C@H](NC(=O)c1cc(S(=O)(=O)N2CCC(C)CC2)ccc1C)c1ccc(OC)cc1. The summed E-state index contributed by atoms with van der Waals surface area (Å²) in [4.78, 5) is 13.3. The van der Waals surface area contributed by atoms with Gasteiger partial charge in [-0.3, -0.25) is 4.79 Å². The van der Waals surface area contributed by atoms with Crippen LogP contribution in [0.5, 0.6) is 5.75 Å². The minimum absolute atomic E-state index is 0.176. The Hall–Kier alpha value is -2.38. The van der Waals surface area contributed by atoms with Crippen LogP contribution in [0.2, 0.25) is 0 Å². The van der Waals surface area contributed by atoms with Gasteiger partial charge in [-0.05, 0) is 67.5 Å². The lowest BCUT2D eigenvalue weighted by Crippen LogP contribution is -2.38. The number of hydrogen-bond donors (Lipinski definition) is 1. The van der Waals surface area contributed by atoms with Crippen molar-refractivity contribution in [2.45, 2.75) is 51.0 Å². The van der Waals surface area contributed by atoms with Gasteiger partial charge in [-0.2, -0.15) is 4.31 Å². The quantitative estimate of drug-likeness (QED) is 0.691. The van der Waals surface area contributed by atoms with E-state index < -0.39 is 10.0 Å². The van der Waals surface area contributed by atoms with Crippen LogP contribution in [0, 0.1) is 12.8 Å². The van der Waals surface area contributed by atoms with E-state index in [0.29, 0.717) is 31.0 Å². The van der Waals surface area contributed by atoms with Crippen molar-refractivity contribution in [2.75, 3.05) is 20.2 Å². The molecule has 1 heterocycles. The number of methoxy groups -OCH3 is 1. The van der Waals surface area contributed by atoms with Crippen LogP contribution in [0.4, 0.5) is 0 Å². The van der Waals surface area contributed by atoms with Crippen molar-refractivity contribution in [3.63, 3.8) is 0 Å². The molecule has 1 aliphatic heterocycles. The Bertz CT molecular complexity index is 1010. The molecule has 0 aromatic heterocycles. The molecule has 3 rings (SSSR count). The topological polar surface area (TPSA) is 75.7 Å². The number of ether oxygens (including phenoxy) is 1. The summed E-state index contributed by atoms with van der Waals surface area (Å²) in [5, 5.41) is 3.05. The summed E-state index contributed by atoms with van der Waals surface area (Å²) in [6.45, 7) is 7.01. The van der Waals surface area contributed by atoms with Gasteiger partial charge >= 0.3 is 0 Å². The Labute approximate surface area is 185 Å². The molecule has 0 aliphatic carbocycles. The molecule has 2 aromatic carbocycles. The zero-order chi connectivity index (χ0) is 22.6. The number of carbonyl (C=O) groups excluding carboxylic acids is 1. The number of amides is 1. The van der Waals surface area contributed by atoms with Crippen molar-refractivity contribution in [1.82, 2.24) is 9.62 Å². The molecule has 168 valence electrons. The van der Waals surface area contributed by atoms with Gasteiger partial charge in [0.25, 0.3) is 5.91 Å². The largest absolute Gasteiger partial charge is 0.497 e. The molecular weight excluding hydrogens is 412 g/mol. The predicted molar refractivity (Wildman–Crippen MR) is 122 cm³/mol. The number of aryl methyl sites for hydroxylation is 1. The molecule has 1 fully saturated rings. The van der Waals surface area contributed by atoms with Gasteiger partial charge in [0.1, 0.15) is 5.75 Å². The van der Waals surface area contributed by atoms with Crippen LogP contribution in [0.1, 0.15) is 60.6 Å². The van der Waals surface area contributed by atoms with Crippen LogP contribution in [0.3, 0.4) is 0 Å². The molecule has 1 aliphatic rings. The van der Waals surface area contributed by atoms with Gasteiger partial charge < -0.3 is 10.1 Å². The maximum atomic E-state index is 13.1. The third-order valence-corrected chi connectivity index (χ3v) is 7.96. The highest BCUT2D eigenvalue weighted by atomic mass is 32.2. The van der Waals surface area contributed by atoms with E-state index in [2.05, 4.69) is 12.2 Å². The van der Waals surface area contributed by atoms with Gasteiger partial charge in [0, 0.05) is 18.7 Å². The van der Waals surface area contributed by atoms with Crippen LogP contribution in [-0.4, -0.2) is 38.8 Å². The van der Waals surface area contributed by atoms with E-state index in [1.165, 1.54) is 10.4 Å². The standard InChI is InChI=1S/C24H32N2O4S/c1-5-23(19-7-9-20(30-4)10-8-19)25-24(27)22-16-21(11-6-18(22)3)31(28,29)26-14-12-17(2)13-15-26/h6-11,16-17,23H,5,12-15H2,1-4H3,(H,25,27)/t23-/m0/s1. The first-order valence-electron chi connectivity index (χ1n) is 10.8. The fourth-order valence-electron chi connectivity index (χ4n) is 3.87. The van der Waals surface area contributed by atoms with E-state index in [-0.39, 0.29) is 16.8 Å². The van der Waals surface area contributed by atoms with Gasteiger partial charge in [-0.15, -0.1) is 0 Å². The summed E-state index contributed by atoms with van der Waals surface area (Å²) >= 11 is 0. The molecule has 1 atom stereocenters. The number of piperidine rings is 1. The number of rotatable bonds is 7. The van der Waals surface area contributed by atoms with Crippen molar-refractivity contribution in [3.05, 3.63) is 59.2 Å².